The van der Waals surface area contributed by atoms with Crippen LogP contribution in [0.5, 0.6) is 5.75 Å². The molecule has 0 heterocycles. The third-order valence-corrected chi connectivity index (χ3v) is 3.31. The quantitative estimate of drug-likeness (QED) is 0.502. The minimum absolute atomic E-state index is 0.0695. The van der Waals surface area contributed by atoms with Crippen molar-refractivity contribution in [3.8, 4) is 5.75 Å². The maximum Gasteiger partial charge on any atom is 0.271 e. The summed E-state index contributed by atoms with van der Waals surface area (Å²) in [7, 11) is 0. The fourth-order valence-corrected chi connectivity index (χ4v) is 2.08. The number of aromatic hydroxyl groups is 1. The van der Waals surface area contributed by atoms with Gasteiger partial charge in [0.15, 0.2) is 0 Å². The first-order chi connectivity index (χ1) is 10.4. The van der Waals surface area contributed by atoms with E-state index in [2.05, 4.69) is 20.9 Å². The molecule has 0 unspecified atom stereocenters. The SMILES string of the molecule is O=[N+]([O-])c1ccc(N=Cc2cc([N+](=O)[O-])cc(Br)c2O)cc1. The van der Waals surface area contributed by atoms with Crippen molar-refractivity contribution < 1.29 is 15.0 Å². The number of non-ortho nitro benzene ring substituents is 2. The smallest absolute Gasteiger partial charge is 0.271 e. The number of nitro groups is 2. The summed E-state index contributed by atoms with van der Waals surface area (Å²) in [5, 5.41) is 31.2. The molecule has 0 fully saturated rings. The van der Waals surface area contributed by atoms with Crippen LogP contribution >= 0.6 is 15.9 Å². The van der Waals surface area contributed by atoms with E-state index in [0.717, 1.165) is 0 Å². The Morgan fingerprint density at radius 1 is 1.05 bits per heavy atom. The molecule has 2 rings (SSSR count). The lowest BCUT2D eigenvalue weighted by molar-refractivity contribution is -0.385. The van der Waals surface area contributed by atoms with Gasteiger partial charge in [0.05, 0.1) is 20.0 Å². The molecule has 2 aromatic rings. The van der Waals surface area contributed by atoms with E-state index in [1.54, 1.807) is 0 Å². The van der Waals surface area contributed by atoms with Gasteiger partial charge in [-0.1, -0.05) is 0 Å². The van der Waals surface area contributed by atoms with Crippen molar-refractivity contribution in [3.63, 3.8) is 0 Å². The van der Waals surface area contributed by atoms with E-state index in [-0.39, 0.29) is 27.2 Å². The normalized spacial score (nSPS) is 10.8. The van der Waals surface area contributed by atoms with E-state index < -0.39 is 9.85 Å². The number of hydrogen-bond acceptors (Lipinski definition) is 6. The fourth-order valence-electron chi connectivity index (χ4n) is 1.61. The Morgan fingerprint density at radius 3 is 2.18 bits per heavy atom. The Morgan fingerprint density at radius 2 is 1.64 bits per heavy atom. The average Bonchev–Trinajstić information content (AvgIpc) is 2.48. The highest BCUT2D eigenvalue weighted by atomic mass is 79.9. The lowest BCUT2D eigenvalue weighted by atomic mass is 10.2. The molecule has 0 bridgehead atoms. The van der Waals surface area contributed by atoms with E-state index in [1.807, 2.05) is 0 Å². The highest BCUT2D eigenvalue weighted by molar-refractivity contribution is 9.10. The van der Waals surface area contributed by atoms with Gasteiger partial charge in [-0.2, -0.15) is 0 Å². The van der Waals surface area contributed by atoms with Gasteiger partial charge in [-0.3, -0.25) is 25.2 Å². The van der Waals surface area contributed by atoms with Crippen molar-refractivity contribution in [1.82, 2.24) is 0 Å². The molecule has 8 nitrogen and oxygen atoms in total. The number of halogens is 1. The molecule has 9 heteroatoms. The number of phenolic OH excluding ortho intramolecular Hbond substituents is 1. The minimum Gasteiger partial charge on any atom is -0.506 e. The van der Waals surface area contributed by atoms with Crippen molar-refractivity contribution in [2.75, 3.05) is 0 Å². The number of phenols is 1. The first kappa shape index (κ1) is 15.6. The Labute approximate surface area is 132 Å². The van der Waals surface area contributed by atoms with E-state index in [0.29, 0.717) is 5.69 Å². The summed E-state index contributed by atoms with van der Waals surface area (Å²) in [4.78, 5) is 24.2. The summed E-state index contributed by atoms with van der Waals surface area (Å²) in [5.41, 5.74) is 0.293. The molecule has 0 radical (unpaired) electrons. The number of benzene rings is 2. The largest absolute Gasteiger partial charge is 0.506 e. The van der Waals surface area contributed by atoms with Gasteiger partial charge in [0.2, 0.25) is 0 Å². The summed E-state index contributed by atoms with van der Waals surface area (Å²) < 4.78 is 0.173. The molecule has 1 N–H and O–H groups in total. The molecule has 0 spiro atoms. The van der Waals surface area contributed by atoms with Gasteiger partial charge >= 0.3 is 0 Å². The number of aliphatic imine (C=N–C) groups is 1. The molecular weight excluding hydrogens is 358 g/mol. The number of hydrogen-bond donors (Lipinski definition) is 1. The van der Waals surface area contributed by atoms with Crippen molar-refractivity contribution in [3.05, 3.63) is 66.7 Å². The second kappa shape index (κ2) is 6.31. The van der Waals surface area contributed by atoms with Crippen molar-refractivity contribution in [1.29, 1.82) is 0 Å². The van der Waals surface area contributed by atoms with Gasteiger partial charge in [-0.05, 0) is 28.1 Å². The number of nitro benzene ring substituents is 2. The zero-order valence-electron chi connectivity index (χ0n) is 10.8. The van der Waals surface area contributed by atoms with E-state index in [9.17, 15) is 25.3 Å². The lowest BCUT2D eigenvalue weighted by Crippen LogP contribution is -1.91. The zero-order chi connectivity index (χ0) is 16.3. The highest BCUT2D eigenvalue weighted by Gasteiger charge is 2.13. The summed E-state index contributed by atoms with van der Waals surface area (Å²) in [6.07, 6.45) is 1.24. The van der Waals surface area contributed by atoms with Gasteiger partial charge in [0.1, 0.15) is 5.75 Å². The van der Waals surface area contributed by atoms with Gasteiger partial charge in [-0.15, -0.1) is 0 Å². The topological polar surface area (TPSA) is 119 Å². The summed E-state index contributed by atoms with van der Waals surface area (Å²) >= 11 is 3.03. The van der Waals surface area contributed by atoms with Crippen molar-refractivity contribution >= 4 is 39.2 Å². The minimum atomic E-state index is -0.590. The van der Waals surface area contributed by atoms with E-state index >= 15 is 0 Å². The molecule has 0 saturated carbocycles. The third-order valence-electron chi connectivity index (χ3n) is 2.70. The van der Waals surface area contributed by atoms with E-state index in [1.165, 1.54) is 42.6 Å². The Balaban J connectivity index is 2.33. The molecule has 0 aliphatic rings. The van der Waals surface area contributed by atoms with Crippen LogP contribution in [0.1, 0.15) is 5.56 Å². The zero-order valence-corrected chi connectivity index (χ0v) is 12.4. The van der Waals surface area contributed by atoms with Crippen LogP contribution in [0.25, 0.3) is 0 Å². The molecule has 0 saturated heterocycles. The van der Waals surface area contributed by atoms with Gasteiger partial charge in [0, 0.05) is 36.0 Å². The monoisotopic (exact) mass is 365 g/mol. The van der Waals surface area contributed by atoms with Crippen molar-refractivity contribution in [2.24, 2.45) is 4.99 Å². The average molecular weight is 366 g/mol. The third kappa shape index (κ3) is 3.44. The maximum atomic E-state index is 10.8. The predicted molar refractivity (Wildman–Crippen MR) is 82.8 cm³/mol. The first-order valence-corrected chi connectivity index (χ1v) is 6.63. The Kier molecular flexibility index (Phi) is 4.47. The standard InChI is InChI=1S/C13H8BrN3O5/c14-12-6-11(17(21)22)5-8(13(12)18)7-15-9-1-3-10(4-2-9)16(19)20/h1-7,18H. The van der Waals surface area contributed by atoms with Crippen LogP contribution in [0.4, 0.5) is 17.1 Å². The van der Waals surface area contributed by atoms with Crippen LogP contribution in [0.2, 0.25) is 0 Å². The lowest BCUT2D eigenvalue weighted by Gasteiger charge is -2.02. The number of nitrogens with zero attached hydrogens (tertiary/aromatic N) is 3. The summed E-state index contributed by atoms with van der Waals surface area (Å²) in [6, 6.07) is 7.79. The molecule has 112 valence electrons. The van der Waals surface area contributed by atoms with Gasteiger partial charge in [-0.25, -0.2) is 0 Å². The highest BCUT2D eigenvalue weighted by Crippen LogP contribution is 2.32. The summed E-state index contributed by atoms with van der Waals surface area (Å²) in [6.45, 7) is 0. The summed E-state index contributed by atoms with van der Waals surface area (Å²) in [5.74, 6) is -0.184. The van der Waals surface area contributed by atoms with Crippen LogP contribution in [-0.2, 0) is 0 Å². The fraction of sp³-hybridized carbons (Fsp3) is 0. The number of rotatable bonds is 4. The molecular formula is C13H8BrN3O5. The van der Waals surface area contributed by atoms with Crippen LogP contribution in [0.15, 0.2) is 45.9 Å². The van der Waals surface area contributed by atoms with Gasteiger partial charge in [0.25, 0.3) is 11.4 Å². The molecule has 0 atom stereocenters. The first-order valence-electron chi connectivity index (χ1n) is 5.84. The molecule has 0 aliphatic heterocycles. The van der Waals surface area contributed by atoms with Crippen LogP contribution in [0, 0.1) is 20.2 Å². The second-order valence-corrected chi connectivity index (χ2v) is 5.01. The molecule has 0 aromatic heterocycles. The van der Waals surface area contributed by atoms with Crippen LogP contribution in [-0.4, -0.2) is 21.2 Å². The second-order valence-electron chi connectivity index (χ2n) is 4.15. The van der Waals surface area contributed by atoms with Crippen molar-refractivity contribution in [2.45, 2.75) is 0 Å². The predicted octanol–water partition coefficient (Wildman–Crippen LogP) is 3.72. The van der Waals surface area contributed by atoms with Crippen LogP contribution in [0.3, 0.4) is 0 Å². The Bertz CT molecular complexity index is 774. The molecule has 0 aliphatic carbocycles. The molecule has 22 heavy (non-hydrogen) atoms. The van der Waals surface area contributed by atoms with Crippen LogP contribution < -0.4 is 0 Å². The Hall–Kier alpha value is -2.81. The van der Waals surface area contributed by atoms with E-state index in [4.69, 9.17) is 0 Å². The maximum absolute atomic E-state index is 10.8. The molecule has 0 amide bonds. The molecule has 2 aromatic carbocycles. The van der Waals surface area contributed by atoms with Gasteiger partial charge < -0.3 is 5.11 Å².